The molecule has 0 aliphatic heterocycles. The molecule has 0 fully saturated rings. The summed E-state index contributed by atoms with van der Waals surface area (Å²) < 4.78 is 36.1. The highest BCUT2D eigenvalue weighted by Gasteiger charge is 2.35. The summed E-state index contributed by atoms with van der Waals surface area (Å²) in [6.45, 7) is 0. The van der Waals surface area contributed by atoms with Crippen LogP contribution in [0.5, 0.6) is 5.75 Å². The third kappa shape index (κ3) is 4.86. The smallest absolute Gasteiger partial charge is 0.281 e. The van der Waals surface area contributed by atoms with Crippen LogP contribution >= 0.6 is 14.5 Å². The molecule has 36 heavy (non-hydrogen) atoms. The zero-order valence-electron chi connectivity index (χ0n) is 19.7. The van der Waals surface area contributed by atoms with Gasteiger partial charge in [-0.1, -0.05) is 121 Å². The highest BCUT2D eigenvalue weighted by atomic mass is 31.2. The standard InChI is InChI=1S/C31H26O3P2/c32-35(27-17-7-2-8-18-27,25-26-15-5-1-6-16-26)34-30-23-13-14-24-31(30)36(33,28-19-9-3-10-20-28)29-21-11-4-12-22-29/h1-24H,25H2/t35-/m1/s1. The van der Waals surface area contributed by atoms with Crippen LogP contribution in [0.2, 0.25) is 0 Å². The van der Waals surface area contributed by atoms with Gasteiger partial charge in [-0.2, -0.15) is 0 Å². The molecule has 178 valence electrons. The molecule has 0 N–H and O–H groups in total. The maximum absolute atomic E-state index is 15.0. The van der Waals surface area contributed by atoms with E-state index in [-0.39, 0.29) is 6.16 Å². The van der Waals surface area contributed by atoms with E-state index in [4.69, 9.17) is 4.52 Å². The van der Waals surface area contributed by atoms with E-state index in [2.05, 4.69) is 0 Å². The van der Waals surface area contributed by atoms with Crippen molar-refractivity contribution >= 4 is 35.7 Å². The lowest BCUT2D eigenvalue weighted by molar-refractivity contribution is 0.493. The van der Waals surface area contributed by atoms with Crippen molar-refractivity contribution in [3.63, 3.8) is 0 Å². The molecule has 0 radical (unpaired) electrons. The van der Waals surface area contributed by atoms with Crippen LogP contribution in [-0.2, 0) is 15.3 Å². The van der Waals surface area contributed by atoms with E-state index in [0.29, 0.717) is 27.0 Å². The monoisotopic (exact) mass is 508 g/mol. The van der Waals surface area contributed by atoms with Crippen molar-refractivity contribution in [1.82, 2.24) is 0 Å². The number of para-hydroxylation sites is 1. The van der Waals surface area contributed by atoms with Crippen molar-refractivity contribution in [2.75, 3.05) is 0 Å². The molecule has 5 heteroatoms. The fourth-order valence-electron chi connectivity index (χ4n) is 4.31. The van der Waals surface area contributed by atoms with E-state index in [1.54, 1.807) is 6.07 Å². The summed E-state index contributed by atoms with van der Waals surface area (Å²) in [5.41, 5.74) is 0.913. The zero-order chi connectivity index (χ0) is 24.8. The molecule has 0 unspecified atom stereocenters. The maximum atomic E-state index is 15.0. The van der Waals surface area contributed by atoms with Gasteiger partial charge in [0.2, 0.25) is 0 Å². The molecule has 0 bridgehead atoms. The number of rotatable bonds is 8. The average molecular weight is 508 g/mol. The lowest BCUT2D eigenvalue weighted by Crippen LogP contribution is -2.26. The van der Waals surface area contributed by atoms with Crippen LogP contribution in [0, 0.1) is 0 Å². The van der Waals surface area contributed by atoms with Crippen LogP contribution in [0.15, 0.2) is 146 Å². The van der Waals surface area contributed by atoms with Crippen LogP contribution < -0.4 is 25.7 Å². The van der Waals surface area contributed by atoms with Crippen LogP contribution in [0.4, 0.5) is 0 Å². The van der Waals surface area contributed by atoms with E-state index in [1.165, 1.54) is 0 Å². The first kappa shape index (κ1) is 24.1. The minimum Gasteiger partial charge on any atom is -0.439 e. The van der Waals surface area contributed by atoms with Gasteiger partial charge in [0.25, 0.3) is 7.37 Å². The molecule has 0 saturated heterocycles. The molecule has 0 saturated carbocycles. The van der Waals surface area contributed by atoms with E-state index in [1.807, 2.05) is 140 Å². The Morgan fingerprint density at radius 3 is 1.42 bits per heavy atom. The lowest BCUT2D eigenvalue weighted by Gasteiger charge is -2.26. The summed E-state index contributed by atoms with van der Waals surface area (Å²) in [6, 6.07) is 45.1. The van der Waals surface area contributed by atoms with Gasteiger partial charge >= 0.3 is 0 Å². The Bertz CT molecular complexity index is 1480. The number of benzene rings is 5. The Kier molecular flexibility index (Phi) is 7.05. The van der Waals surface area contributed by atoms with Gasteiger partial charge in [0.1, 0.15) is 5.75 Å². The fourth-order valence-corrected chi connectivity index (χ4v) is 9.30. The molecular weight excluding hydrogens is 482 g/mol. The van der Waals surface area contributed by atoms with Crippen molar-refractivity contribution in [3.05, 3.63) is 151 Å². The Balaban J connectivity index is 1.67. The topological polar surface area (TPSA) is 43.4 Å². The highest BCUT2D eigenvalue weighted by Crippen LogP contribution is 2.52. The highest BCUT2D eigenvalue weighted by molar-refractivity contribution is 7.85. The average Bonchev–Trinajstić information content (AvgIpc) is 2.95. The maximum Gasteiger partial charge on any atom is 0.281 e. The second-order valence-electron chi connectivity index (χ2n) is 8.49. The van der Waals surface area contributed by atoms with Gasteiger partial charge in [0, 0.05) is 15.9 Å². The van der Waals surface area contributed by atoms with E-state index < -0.39 is 14.5 Å². The molecule has 0 aliphatic rings. The van der Waals surface area contributed by atoms with Gasteiger partial charge in [-0.3, -0.25) is 4.57 Å². The van der Waals surface area contributed by atoms with E-state index in [9.17, 15) is 4.57 Å². The lowest BCUT2D eigenvalue weighted by atomic mass is 10.2. The molecule has 5 rings (SSSR count). The molecule has 5 aromatic rings. The largest absolute Gasteiger partial charge is 0.439 e. The molecule has 0 spiro atoms. The van der Waals surface area contributed by atoms with Gasteiger partial charge in [-0.05, 0) is 29.8 Å². The fraction of sp³-hybridized carbons (Fsp3) is 0.0323. The van der Waals surface area contributed by atoms with Crippen molar-refractivity contribution < 1.29 is 13.7 Å². The third-order valence-corrected chi connectivity index (χ3v) is 11.5. The van der Waals surface area contributed by atoms with Gasteiger partial charge < -0.3 is 9.09 Å². The molecule has 0 amide bonds. The van der Waals surface area contributed by atoms with Crippen LogP contribution in [0.1, 0.15) is 5.56 Å². The van der Waals surface area contributed by atoms with Crippen molar-refractivity contribution in [2.24, 2.45) is 0 Å². The summed E-state index contributed by atoms with van der Waals surface area (Å²) in [5, 5.41) is 2.55. The van der Waals surface area contributed by atoms with Crippen LogP contribution in [-0.4, -0.2) is 0 Å². The van der Waals surface area contributed by atoms with Crippen molar-refractivity contribution in [1.29, 1.82) is 0 Å². The summed E-state index contributed by atoms with van der Waals surface area (Å²) in [7, 11) is -6.74. The Labute approximate surface area is 212 Å². The van der Waals surface area contributed by atoms with E-state index >= 15 is 4.57 Å². The van der Waals surface area contributed by atoms with Gasteiger partial charge in [-0.25, -0.2) is 0 Å². The molecular formula is C31H26O3P2. The summed E-state index contributed by atoms with van der Waals surface area (Å²) in [4.78, 5) is 0. The second-order valence-corrected chi connectivity index (χ2v) is 13.6. The normalized spacial score (nSPS) is 13.0. The number of hydrogen-bond donors (Lipinski definition) is 0. The van der Waals surface area contributed by atoms with Crippen molar-refractivity contribution in [2.45, 2.75) is 6.16 Å². The quantitative estimate of drug-likeness (QED) is 0.225. The second kappa shape index (κ2) is 10.5. The summed E-state index contributed by atoms with van der Waals surface area (Å²) in [6.07, 6.45) is 0.229. The molecule has 3 nitrogen and oxygen atoms in total. The minimum absolute atomic E-state index is 0.229. The predicted molar refractivity (Wildman–Crippen MR) is 150 cm³/mol. The summed E-state index contributed by atoms with van der Waals surface area (Å²) >= 11 is 0. The van der Waals surface area contributed by atoms with Crippen LogP contribution in [0.25, 0.3) is 0 Å². The Morgan fingerprint density at radius 2 is 0.889 bits per heavy atom. The first-order valence-electron chi connectivity index (χ1n) is 11.8. The van der Waals surface area contributed by atoms with E-state index in [0.717, 1.165) is 5.56 Å². The van der Waals surface area contributed by atoms with Gasteiger partial charge in [0.05, 0.1) is 11.5 Å². The molecule has 0 heterocycles. The predicted octanol–water partition coefficient (Wildman–Crippen LogP) is 6.51. The van der Waals surface area contributed by atoms with Crippen LogP contribution in [0.3, 0.4) is 0 Å². The van der Waals surface area contributed by atoms with Crippen molar-refractivity contribution in [3.8, 4) is 5.75 Å². The Hall–Kier alpha value is -3.64. The molecule has 5 aromatic carbocycles. The SMILES string of the molecule is O=P(c1ccccc1)(c1ccccc1)c1ccccc1O[P@](=O)(Cc1ccccc1)c1ccccc1. The molecule has 1 atom stereocenters. The first-order valence-corrected chi connectivity index (χ1v) is 15.3. The van der Waals surface area contributed by atoms with Gasteiger partial charge in [-0.15, -0.1) is 0 Å². The Morgan fingerprint density at radius 1 is 0.472 bits per heavy atom. The summed E-state index contributed by atoms with van der Waals surface area (Å²) in [5.74, 6) is 0.372. The zero-order valence-corrected chi connectivity index (χ0v) is 21.5. The number of hydrogen-bond acceptors (Lipinski definition) is 3. The third-order valence-electron chi connectivity index (χ3n) is 6.07. The first-order chi connectivity index (χ1) is 17.6. The molecule has 0 aliphatic carbocycles. The van der Waals surface area contributed by atoms with Gasteiger partial charge in [0.15, 0.2) is 7.14 Å². The minimum atomic E-state index is -3.42. The molecule has 0 aromatic heterocycles.